The smallest absolute Gasteiger partial charge is 0.307 e. The van der Waals surface area contributed by atoms with Crippen molar-refractivity contribution in [3.8, 4) is 5.69 Å². The van der Waals surface area contributed by atoms with Gasteiger partial charge in [0, 0.05) is 30.3 Å². The summed E-state index contributed by atoms with van der Waals surface area (Å²) in [5.74, 6) is 0.904. The highest BCUT2D eigenvalue weighted by Gasteiger charge is 2.29. The number of nitrogens with zero attached hydrogens (tertiary/aromatic N) is 3. The number of nitrogens with one attached hydrogen (secondary N) is 2. The summed E-state index contributed by atoms with van der Waals surface area (Å²) in [6.07, 6.45) is 2.28. The summed E-state index contributed by atoms with van der Waals surface area (Å²) < 4.78 is 29.4. The highest BCUT2D eigenvalue weighted by molar-refractivity contribution is 7.89. The van der Waals surface area contributed by atoms with E-state index in [9.17, 15) is 13.2 Å². The fraction of sp³-hybridized carbons (Fsp3) is 0.333. The number of hydrogen-bond donors (Lipinski definition) is 2. The summed E-state index contributed by atoms with van der Waals surface area (Å²) >= 11 is 0. The van der Waals surface area contributed by atoms with Crippen LogP contribution in [-0.4, -0.2) is 41.6 Å². The number of hydrogen-bond acceptors (Lipinski definition) is 4. The second-order valence-electron chi connectivity index (χ2n) is 12.0. The maximum atomic E-state index is 13.3. The van der Waals surface area contributed by atoms with Crippen LogP contribution in [0.25, 0.3) is 5.69 Å². The van der Waals surface area contributed by atoms with Gasteiger partial charge < -0.3 is 5.32 Å². The molecule has 2 heterocycles. The molecular formula is C33H39N5O3S. The molecule has 5 rings (SSSR count). The summed E-state index contributed by atoms with van der Waals surface area (Å²) in [5, 5.41) is 10.9. The van der Waals surface area contributed by atoms with Crippen LogP contribution in [-0.2, 0) is 21.9 Å². The molecule has 0 bridgehead atoms. The number of aryl methyl sites for hydroxylation is 1. The molecule has 2 N–H and O–H groups in total. The van der Waals surface area contributed by atoms with Crippen LogP contribution >= 0.6 is 0 Å². The lowest BCUT2D eigenvalue weighted by molar-refractivity contribution is 0.261. The van der Waals surface area contributed by atoms with Gasteiger partial charge >= 0.3 is 6.03 Å². The summed E-state index contributed by atoms with van der Waals surface area (Å²) in [4.78, 5) is 13.6. The largest absolute Gasteiger partial charge is 0.324 e. The van der Waals surface area contributed by atoms with Crippen molar-refractivity contribution in [1.82, 2.24) is 14.1 Å². The van der Waals surface area contributed by atoms with Gasteiger partial charge in [0.05, 0.1) is 16.3 Å². The number of carbonyl (C=O) groups excluding carboxylic acids is 1. The topological polar surface area (TPSA) is 96.3 Å². The van der Waals surface area contributed by atoms with Crippen LogP contribution in [0.1, 0.15) is 50.4 Å². The van der Waals surface area contributed by atoms with Gasteiger partial charge in [0.25, 0.3) is 0 Å². The van der Waals surface area contributed by atoms with Crippen LogP contribution in [0.5, 0.6) is 0 Å². The first-order chi connectivity index (χ1) is 20.0. The number of sulfonamides is 1. The number of para-hydroxylation sites is 1. The predicted molar refractivity (Wildman–Crippen MR) is 168 cm³/mol. The van der Waals surface area contributed by atoms with E-state index in [1.54, 1.807) is 33.3 Å². The Morgan fingerprint density at radius 1 is 0.905 bits per heavy atom. The number of anilines is 2. The van der Waals surface area contributed by atoms with Crippen molar-refractivity contribution in [3.05, 3.63) is 102 Å². The third kappa shape index (κ3) is 6.74. The lowest BCUT2D eigenvalue weighted by Crippen LogP contribution is -2.38. The molecule has 9 heteroatoms. The van der Waals surface area contributed by atoms with Gasteiger partial charge in [-0.15, -0.1) is 0 Å². The molecule has 4 aromatic rings. The van der Waals surface area contributed by atoms with E-state index in [-0.39, 0.29) is 11.4 Å². The summed E-state index contributed by atoms with van der Waals surface area (Å²) in [5.41, 5.74) is 4.47. The van der Waals surface area contributed by atoms with Gasteiger partial charge in [-0.05, 0) is 68.0 Å². The number of piperidine rings is 1. The lowest BCUT2D eigenvalue weighted by atomic mass is 9.90. The first kappa shape index (κ1) is 29.5. The third-order valence-corrected chi connectivity index (χ3v) is 9.64. The van der Waals surface area contributed by atoms with Crippen molar-refractivity contribution in [2.45, 2.75) is 57.3 Å². The number of amides is 2. The minimum atomic E-state index is -3.48. The predicted octanol–water partition coefficient (Wildman–Crippen LogP) is 6.77. The van der Waals surface area contributed by atoms with Gasteiger partial charge in [-0.25, -0.2) is 17.9 Å². The molecule has 0 spiro atoms. The quantitative estimate of drug-likeness (QED) is 0.250. The van der Waals surface area contributed by atoms with Crippen LogP contribution < -0.4 is 10.6 Å². The van der Waals surface area contributed by atoms with E-state index in [4.69, 9.17) is 5.10 Å². The van der Waals surface area contributed by atoms with Gasteiger partial charge in [-0.2, -0.15) is 9.40 Å². The zero-order valence-corrected chi connectivity index (χ0v) is 25.5. The maximum Gasteiger partial charge on any atom is 0.324 e. The second kappa shape index (κ2) is 12.1. The Kier molecular flexibility index (Phi) is 8.52. The summed E-state index contributed by atoms with van der Waals surface area (Å²) in [7, 11) is -3.48. The van der Waals surface area contributed by atoms with Crippen molar-refractivity contribution in [3.63, 3.8) is 0 Å². The number of aromatic nitrogens is 2. The lowest BCUT2D eigenvalue weighted by Gasteiger charge is -2.31. The highest BCUT2D eigenvalue weighted by Crippen LogP contribution is 2.30. The van der Waals surface area contributed by atoms with Crippen LogP contribution in [0.2, 0.25) is 0 Å². The molecule has 0 atom stereocenters. The molecule has 42 heavy (non-hydrogen) atoms. The Bertz CT molecular complexity index is 1630. The SMILES string of the molecule is Cc1ccc(-n2nc(C(C)(C)C)cc2NC(=O)Nc2ccccc2CC2CCN(S(=O)(=O)c3ccccc3)CC2)cc1. The third-order valence-electron chi connectivity index (χ3n) is 7.73. The molecule has 3 aromatic carbocycles. The van der Waals surface area contributed by atoms with E-state index in [0.29, 0.717) is 29.7 Å². The van der Waals surface area contributed by atoms with Crippen molar-refractivity contribution >= 4 is 27.6 Å². The van der Waals surface area contributed by atoms with E-state index in [1.807, 2.05) is 67.6 Å². The van der Waals surface area contributed by atoms with E-state index in [2.05, 4.69) is 31.4 Å². The van der Waals surface area contributed by atoms with E-state index in [1.165, 1.54) is 0 Å². The molecule has 1 aliphatic rings. The normalized spacial score (nSPS) is 15.0. The number of urea groups is 1. The van der Waals surface area contributed by atoms with Crippen LogP contribution in [0.4, 0.5) is 16.3 Å². The van der Waals surface area contributed by atoms with Crippen LogP contribution in [0, 0.1) is 12.8 Å². The molecule has 8 nitrogen and oxygen atoms in total. The maximum absolute atomic E-state index is 13.3. The molecular weight excluding hydrogens is 546 g/mol. The van der Waals surface area contributed by atoms with Gasteiger partial charge in [0.15, 0.2) is 0 Å². The van der Waals surface area contributed by atoms with Gasteiger partial charge in [-0.1, -0.05) is 74.9 Å². The average molecular weight is 586 g/mol. The summed E-state index contributed by atoms with van der Waals surface area (Å²) in [6, 6.07) is 26.0. The minimum absolute atomic E-state index is 0.189. The van der Waals surface area contributed by atoms with Gasteiger partial charge in [0.1, 0.15) is 5.82 Å². The summed E-state index contributed by atoms with van der Waals surface area (Å²) in [6.45, 7) is 9.28. The highest BCUT2D eigenvalue weighted by atomic mass is 32.2. The number of benzene rings is 3. The van der Waals surface area contributed by atoms with Gasteiger partial charge in [0.2, 0.25) is 10.0 Å². The van der Waals surface area contributed by atoms with Crippen molar-refractivity contribution in [2.24, 2.45) is 5.92 Å². The molecule has 0 aliphatic carbocycles. The van der Waals surface area contributed by atoms with Crippen molar-refractivity contribution in [1.29, 1.82) is 0 Å². The van der Waals surface area contributed by atoms with Crippen LogP contribution in [0.15, 0.2) is 89.8 Å². The molecule has 0 unspecified atom stereocenters. The Hall–Kier alpha value is -3.95. The molecule has 1 saturated heterocycles. The monoisotopic (exact) mass is 585 g/mol. The molecule has 1 fully saturated rings. The molecule has 220 valence electrons. The van der Waals surface area contributed by atoms with E-state index in [0.717, 1.165) is 47.5 Å². The van der Waals surface area contributed by atoms with Crippen molar-refractivity contribution < 1.29 is 13.2 Å². The average Bonchev–Trinajstić information content (AvgIpc) is 3.39. The second-order valence-corrected chi connectivity index (χ2v) is 14.0. The standard InChI is InChI=1S/C33H39N5O3S/c1-24-14-16-27(17-15-24)38-31(23-30(36-38)33(2,3)4)35-32(39)34-29-13-9-8-10-26(29)22-25-18-20-37(21-19-25)42(40,41)28-11-6-5-7-12-28/h5-17,23,25H,18-22H2,1-4H3,(H2,34,35,39). The first-order valence-corrected chi connectivity index (χ1v) is 15.8. The van der Waals surface area contributed by atoms with E-state index < -0.39 is 10.0 Å². The molecule has 0 radical (unpaired) electrons. The Labute approximate surface area is 248 Å². The Morgan fingerprint density at radius 3 is 2.21 bits per heavy atom. The van der Waals surface area contributed by atoms with Crippen LogP contribution in [0.3, 0.4) is 0 Å². The molecule has 1 aliphatic heterocycles. The Balaban J connectivity index is 1.26. The minimum Gasteiger partial charge on any atom is -0.307 e. The zero-order valence-electron chi connectivity index (χ0n) is 24.7. The van der Waals surface area contributed by atoms with Gasteiger partial charge in [-0.3, -0.25) is 5.32 Å². The van der Waals surface area contributed by atoms with E-state index >= 15 is 0 Å². The molecule has 2 amide bonds. The molecule has 1 aromatic heterocycles. The first-order valence-electron chi connectivity index (χ1n) is 14.4. The number of carbonyl (C=O) groups is 1. The zero-order chi connectivity index (χ0) is 29.9. The molecule has 0 saturated carbocycles. The fourth-order valence-corrected chi connectivity index (χ4v) is 6.71. The van der Waals surface area contributed by atoms with Crippen molar-refractivity contribution in [2.75, 3.05) is 23.7 Å². The number of rotatable bonds is 7. The fourth-order valence-electron chi connectivity index (χ4n) is 5.22. The Morgan fingerprint density at radius 2 is 1.55 bits per heavy atom.